The van der Waals surface area contributed by atoms with Gasteiger partial charge in [-0.05, 0) is 67.9 Å². The minimum atomic E-state index is 0.0908. The molecule has 3 nitrogen and oxygen atoms in total. The van der Waals surface area contributed by atoms with Crippen LogP contribution in [0, 0.1) is 17.3 Å². The molecular weight excluding hydrogens is 479 g/mol. The number of carbonyl (C=O) groups is 1. The molecule has 4 bridgehead atoms. The first-order chi connectivity index (χ1) is 13.3. The number of alkyl halides is 1. The maximum atomic E-state index is 12.8. The Balaban J connectivity index is 1.28. The standard InChI is InChI=1S/C21H21BrCl2N2OS/c22-21-7-12-3-13(8-21)6-20(5-12,11-21)9-18(27)26-19-25-17(10-28-19)14-1-2-15(23)16(24)4-14/h1-2,4,10,12-13H,3,5-9,11H2,(H,25,26,27)/t12-,13+,20?,21?. The van der Waals surface area contributed by atoms with E-state index in [0.29, 0.717) is 21.6 Å². The van der Waals surface area contributed by atoms with Crippen LogP contribution in [0.1, 0.15) is 44.9 Å². The van der Waals surface area contributed by atoms with Crippen LogP contribution in [0.25, 0.3) is 11.3 Å². The lowest BCUT2D eigenvalue weighted by Gasteiger charge is -2.60. The molecule has 28 heavy (non-hydrogen) atoms. The predicted octanol–water partition coefficient (Wildman–Crippen LogP) is 7.18. The third kappa shape index (κ3) is 3.64. The molecule has 4 aliphatic carbocycles. The number of aromatic nitrogens is 1. The topological polar surface area (TPSA) is 42.0 Å². The van der Waals surface area contributed by atoms with Gasteiger partial charge in [0.25, 0.3) is 0 Å². The van der Waals surface area contributed by atoms with Gasteiger partial charge in [0.05, 0.1) is 15.7 Å². The molecule has 4 aliphatic rings. The molecule has 4 atom stereocenters. The van der Waals surface area contributed by atoms with Crippen molar-refractivity contribution >= 4 is 61.5 Å². The number of amides is 1. The Kier molecular flexibility index (Phi) is 4.82. The van der Waals surface area contributed by atoms with Crippen LogP contribution in [-0.2, 0) is 4.79 Å². The van der Waals surface area contributed by atoms with Gasteiger partial charge in [0.1, 0.15) is 0 Å². The van der Waals surface area contributed by atoms with Crippen LogP contribution in [0.4, 0.5) is 5.13 Å². The zero-order chi connectivity index (χ0) is 19.5. The van der Waals surface area contributed by atoms with E-state index in [1.54, 1.807) is 12.1 Å². The van der Waals surface area contributed by atoms with Crippen molar-refractivity contribution < 1.29 is 4.79 Å². The highest BCUT2D eigenvalue weighted by Gasteiger charge is 2.57. The normalized spacial score (nSPS) is 33.2. The van der Waals surface area contributed by atoms with E-state index in [1.807, 2.05) is 11.4 Å². The van der Waals surface area contributed by atoms with Gasteiger partial charge in [-0.25, -0.2) is 4.98 Å². The molecule has 1 amide bonds. The number of hydrogen-bond donors (Lipinski definition) is 1. The number of benzene rings is 1. The Morgan fingerprint density at radius 1 is 1.21 bits per heavy atom. The van der Waals surface area contributed by atoms with E-state index in [-0.39, 0.29) is 15.6 Å². The number of hydrogen-bond acceptors (Lipinski definition) is 3. The highest BCUT2D eigenvalue weighted by molar-refractivity contribution is 9.10. The van der Waals surface area contributed by atoms with E-state index in [4.69, 9.17) is 23.2 Å². The molecule has 2 aromatic rings. The van der Waals surface area contributed by atoms with Gasteiger partial charge in [-0.3, -0.25) is 4.79 Å². The highest BCUT2D eigenvalue weighted by atomic mass is 79.9. The number of nitrogens with one attached hydrogen (secondary N) is 1. The van der Waals surface area contributed by atoms with E-state index in [2.05, 4.69) is 26.2 Å². The summed E-state index contributed by atoms with van der Waals surface area (Å²) in [6, 6.07) is 5.45. The molecule has 0 spiro atoms. The fourth-order valence-electron chi connectivity index (χ4n) is 6.17. The Morgan fingerprint density at radius 3 is 2.64 bits per heavy atom. The molecule has 0 aliphatic heterocycles. The predicted molar refractivity (Wildman–Crippen MR) is 120 cm³/mol. The molecule has 0 saturated heterocycles. The molecule has 0 radical (unpaired) electrons. The summed E-state index contributed by atoms with van der Waals surface area (Å²) in [5.41, 5.74) is 1.86. The van der Waals surface area contributed by atoms with Gasteiger partial charge in [0.15, 0.2) is 5.13 Å². The zero-order valence-corrected chi connectivity index (χ0v) is 19.2. The zero-order valence-electron chi connectivity index (χ0n) is 15.3. The fraction of sp³-hybridized carbons (Fsp3) is 0.524. The van der Waals surface area contributed by atoms with Gasteiger partial charge >= 0.3 is 0 Å². The van der Waals surface area contributed by atoms with Gasteiger partial charge in [-0.1, -0.05) is 45.2 Å². The van der Waals surface area contributed by atoms with Crippen LogP contribution >= 0.6 is 50.5 Å². The average molecular weight is 500 g/mol. The van der Waals surface area contributed by atoms with Crippen molar-refractivity contribution in [2.24, 2.45) is 17.3 Å². The van der Waals surface area contributed by atoms with Crippen LogP contribution in [0.5, 0.6) is 0 Å². The Hall–Kier alpha value is -0.620. The first-order valence-electron chi connectivity index (χ1n) is 9.71. The molecule has 1 aromatic carbocycles. The summed E-state index contributed by atoms with van der Waals surface area (Å²) in [5, 5.41) is 6.65. The van der Waals surface area contributed by atoms with Crippen molar-refractivity contribution in [3.8, 4) is 11.3 Å². The van der Waals surface area contributed by atoms with E-state index in [1.165, 1.54) is 43.4 Å². The maximum absolute atomic E-state index is 12.8. The highest BCUT2D eigenvalue weighted by Crippen LogP contribution is 2.65. The second-order valence-corrected chi connectivity index (χ2v) is 12.4. The third-order valence-corrected chi connectivity index (χ3v) is 9.04. The van der Waals surface area contributed by atoms with Gasteiger partial charge < -0.3 is 5.32 Å². The van der Waals surface area contributed by atoms with Crippen molar-refractivity contribution in [2.75, 3.05) is 5.32 Å². The van der Waals surface area contributed by atoms with Gasteiger partial charge in [0, 0.05) is 21.7 Å². The molecule has 4 fully saturated rings. The van der Waals surface area contributed by atoms with Crippen LogP contribution in [-0.4, -0.2) is 15.2 Å². The smallest absolute Gasteiger partial charge is 0.226 e. The van der Waals surface area contributed by atoms with Crippen molar-refractivity contribution in [1.29, 1.82) is 0 Å². The van der Waals surface area contributed by atoms with Gasteiger partial charge in [-0.15, -0.1) is 11.3 Å². The van der Waals surface area contributed by atoms with Gasteiger partial charge in [-0.2, -0.15) is 0 Å². The van der Waals surface area contributed by atoms with Crippen LogP contribution in [0.15, 0.2) is 23.6 Å². The third-order valence-electron chi connectivity index (χ3n) is 6.61. The summed E-state index contributed by atoms with van der Waals surface area (Å²) in [6.07, 6.45) is 8.07. The van der Waals surface area contributed by atoms with E-state index < -0.39 is 0 Å². The summed E-state index contributed by atoms with van der Waals surface area (Å²) in [4.78, 5) is 17.4. The summed E-state index contributed by atoms with van der Waals surface area (Å²) < 4.78 is 0.277. The summed E-state index contributed by atoms with van der Waals surface area (Å²) >= 11 is 17.6. The molecule has 1 aromatic heterocycles. The number of anilines is 1. The molecular formula is C21H21BrCl2N2OS. The van der Waals surface area contributed by atoms with Crippen molar-refractivity contribution in [3.05, 3.63) is 33.6 Å². The van der Waals surface area contributed by atoms with E-state index in [9.17, 15) is 4.79 Å². The quantitative estimate of drug-likeness (QED) is 0.452. The second-order valence-electron chi connectivity index (χ2n) is 9.00. The Morgan fingerprint density at radius 2 is 1.96 bits per heavy atom. The van der Waals surface area contributed by atoms with E-state index in [0.717, 1.165) is 29.5 Å². The van der Waals surface area contributed by atoms with E-state index >= 15 is 0 Å². The SMILES string of the molecule is O=C(CC12C[C@@H]3C[C@@H](CC(Br)(C3)C1)C2)Nc1nc(-c2ccc(Cl)c(Cl)c2)cs1. The fourth-order valence-corrected chi connectivity index (χ4v) is 8.71. The number of rotatable bonds is 4. The average Bonchev–Trinajstić information content (AvgIpc) is 3.02. The first kappa shape index (κ1) is 19.3. The van der Waals surface area contributed by atoms with Crippen molar-refractivity contribution in [2.45, 2.75) is 49.3 Å². The number of halogens is 3. The minimum Gasteiger partial charge on any atom is -0.302 e. The number of thiazole rings is 1. The molecule has 6 rings (SSSR count). The molecule has 1 N–H and O–H groups in total. The number of carbonyl (C=O) groups excluding carboxylic acids is 1. The first-order valence-corrected chi connectivity index (χ1v) is 12.1. The summed E-state index contributed by atoms with van der Waals surface area (Å²) in [6.45, 7) is 0. The molecule has 148 valence electrons. The maximum Gasteiger partial charge on any atom is 0.226 e. The Bertz CT molecular complexity index is 932. The van der Waals surface area contributed by atoms with Gasteiger partial charge in [0.2, 0.25) is 5.91 Å². The van der Waals surface area contributed by atoms with Crippen molar-refractivity contribution in [1.82, 2.24) is 4.98 Å². The second kappa shape index (κ2) is 6.97. The largest absolute Gasteiger partial charge is 0.302 e. The van der Waals surface area contributed by atoms with Crippen molar-refractivity contribution in [3.63, 3.8) is 0 Å². The Labute approximate surface area is 187 Å². The number of nitrogens with zero attached hydrogens (tertiary/aromatic N) is 1. The monoisotopic (exact) mass is 498 g/mol. The van der Waals surface area contributed by atoms with Crippen LogP contribution in [0.3, 0.4) is 0 Å². The molecule has 2 unspecified atom stereocenters. The van der Waals surface area contributed by atoms with Crippen LogP contribution in [0.2, 0.25) is 10.0 Å². The molecule has 1 heterocycles. The summed E-state index contributed by atoms with van der Waals surface area (Å²) in [5.74, 6) is 1.66. The lowest BCUT2D eigenvalue weighted by molar-refractivity contribution is -0.123. The summed E-state index contributed by atoms with van der Waals surface area (Å²) in [7, 11) is 0. The lowest BCUT2D eigenvalue weighted by Crippen LogP contribution is -2.53. The minimum absolute atomic E-state index is 0.0908. The lowest BCUT2D eigenvalue weighted by atomic mass is 9.48. The molecule has 7 heteroatoms. The molecule has 4 saturated carbocycles. The van der Waals surface area contributed by atoms with Crippen LogP contribution < -0.4 is 5.32 Å².